The molecule has 1 rings (SSSR count). The number of hydrogen-bond acceptors (Lipinski definition) is 4. The van der Waals surface area contributed by atoms with Crippen LogP contribution in [-0.4, -0.2) is 47.9 Å². The summed E-state index contributed by atoms with van der Waals surface area (Å²) in [7, 11) is -3.99. The van der Waals surface area contributed by atoms with Gasteiger partial charge in [-0.25, -0.2) is 8.42 Å². The summed E-state index contributed by atoms with van der Waals surface area (Å²) in [6, 6.07) is 6.58. The number of aliphatic carboxylic acids is 1. The maximum Gasteiger partial charge on any atom is 0.322 e. The van der Waals surface area contributed by atoms with Crippen LogP contribution < -0.4 is 11.5 Å². The molecular formula is C16H26N4O4S. The number of hydrogen-bond donors (Lipinski definition) is 3. The predicted octanol–water partition coefficient (Wildman–Crippen LogP) is 0.983. The third-order valence-corrected chi connectivity index (χ3v) is 5.65. The standard InChI is InChI=1S/C16H26N4O4S/c1-16(2,3)20(25(23,24)12-8-5-4-6-9-12)13(14(21)22)10-7-11-19-15(17)18/h4-6,8-9,13H,7,10-11H2,1-3H3,(H,21,22)(H4,17,18,19)/t13-/m0/s1. The van der Waals surface area contributed by atoms with Crippen molar-refractivity contribution in [1.29, 1.82) is 0 Å². The van der Waals surface area contributed by atoms with Gasteiger partial charge in [-0.3, -0.25) is 9.79 Å². The first-order valence-electron chi connectivity index (χ1n) is 7.85. The van der Waals surface area contributed by atoms with Gasteiger partial charge in [0.1, 0.15) is 6.04 Å². The van der Waals surface area contributed by atoms with E-state index in [1.807, 2.05) is 0 Å². The van der Waals surface area contributed by atoms with E-state index in [1.165, 1.54) is 12.1 Å². The lowest BCUT2D eigenvalue weighted by Gasteiger charge is -2.38. The second-order valence-corrected chi connectivity index (χ2v) is 8.40. The fourth-order valence-electron chi connectivity index (χ4n) is 2.54. The Balaban J connectivity index is 3.22. The zero-order chi connectivity index (χ0) is 19.3. The average molecular weight is 370 g/mol. The lowest BCUT2D eigenvalue weighted by atomic mass is 10.0. The number of sulfonamides is 1. The monoisotopic (exact) mass is 370 g/mol. The molecule has 0 radical (unpaired) electrons. The van der Waals surface area contributed by atoms with Gasteiger partial charge in [0.25, 0.3) is 0 Å². The number of nitrogens with two attached hydrogens (primary N) is 2. The van der Waals surface area contributed by atoms with E-state index in [9.17, 15) is 18.3 Å². The summed E-state index contributed by atoms with van der Waals surface area (Å²) in [6.07, 6.45) is 0.432. The van der Waals surface area contributed by atoms with Crippen LogP contribution in [0, 0.1) is 0 Å². The predicted molar refractivity (Wildman–Crippen MR) is 96.6 cm³/mol. The second kappa shape index (κ2) is 8.30. The first-order valence-corrected chi connectivity index (χ1v) is 9.29. The molecule has 0 bridgehead atoms. The summed E-state index contributed by atoms with van der Waals surface area (Å²) in [6.45, 7) is 5.23. The molecule has 8 nitrogen and oxygen atoms in total. The molecule has 0 aliphatic carbocycles. The van der Waals surface area contributed by atoms with E-state index in [4.69, 9.17) is 11.5 Å². The van der Waals surface area contributed by atoms with Gasteiger partial charge in [-0.15, -0.1) is 0 Å². The lowest BCUT2D eigenvalue weighted by Crippen LogP contribution is -2.54. The maximum absolute atomic E-state index is 13.1. The van der Waals surface area contributed by atoms with E-state index >= 15 is 0 Å². The van der Waals surface area contributed by atoms with Crippen LogP contribution in [0.3, 0.4) is 0 Å². The molecule has 0 aromatic heterocycles. The molecule has 140 valence electrons. The van der Waals surface area contributed by atoms with Crippen LogP contribution in [0.25, 0.3) is 0 Å². The molecule has 0 saturated carbocycles. The highest BCUT2D eigenvalue weighted by Crippen LogP contribution is 2.29. The molecule has 25 heavy (non-hydrogen) atoms. The summed E-state index contributed by atoms with van der Waals surface area (Å²) in [4.78, 5) is 15.7. The van der Waals surface area contributed by atoms with Crippen LogP contribution >= 0.6 is 0 Å². The Bertz CT molecular complexity index is 707. The molecule has 1 aromatic carbocycles. The smallest absolute Gasteiger partial charge is 0.322 e. The fraction of sp³-hybridized carbons (Fsp3) is 0.500. The summed E-state index contributed by atoms with van der Waals surface area (Å²) in [5.41, 5.74) is 9.57. The number of nitrogens with zero attached hydrogens (tertiary/aromatic N) is 2. The van der Waals surface area contributed by atoms with Crippen LogP contribution in [-0.2, 0) is 14.8 Å². The first kappa shape index (κ1) is 20.9. The van der Waals surface area contributed by atoms with Gasteiger partial charge >= 0.3 is 5.97 Å². The summed E-state index contributed by atoms with van der Waals surface area (Å²) in [5, 5.41) is 9.63. The lowest BCUT2D eigenvalue weighted by molar-refractivity contribution is -0.143. The van der Waals surface area contributed by atoms with E-state index in [1.54, 1.807) is 39.0 Å². The Morgan fingerprint density at radius 3 is 2.24 bits per heavy atom. The van der Waals surface area contributed by atoms with Gasteiger partial charge in [0.15, 0.2) is 5.96 Å². The van der Waals surface area contributed by atoms with E-state index in [0.717, 1.165) is 4.31 Å². The molecule has 0 unspecified atom stereocenters. The highest BCUT2D eigenvalue weighted by Gasteiger charge is 2.42. The van der Waals surface area contributed by atoms with Gasteiger partial charge in [-0.1, -0.05) is 18.2 Å². The van der Waals surface area contributed by atoms with E-state index in [-0.39, 0.29) is 23.8 Å². The van der Waals surface area contributed by atoms with Crippen LogP contribution in [0.1, 0.15) is 33.6 Å². The number of carbonyl (C=O) groups is 1. The number of benzene rings is 1. The maximum atomic E-state index is 13.1. The summed E-state index contributed by atoms with van der Waals surface area (Å²) in [5.74, 6) is -1.30. The van der Waals surface area contributed by atoms with Gasteiger partial charge in [-0.2, -0.15) is 4.31 Å². The zero-order valence-electron chi connectivity index (χ0n) is 14.7. The summed E-state index contributed by atoms with van der Waals surface area (Å²) < 4.78 is 27.2. The molecule has 1 aromatic rings. The molecule has 0 amide bonds. The molecule has 0 aliphatic heterocycles. The van der Waals surface area contributed by atoms with Gasteiger partial charge in [0.05, 0.1) is 4.90 Å². The number of aliphatic imine (C=N–C) groups is 1. The number of carboxylic acid groups (broad SMARTS) is 1. The molecule has 9 heteroatoms. The fourth-order valence-corrected chi connectivity index (χ4v) is 4.52. The minimum Gasteiger partial charge on any atom is -0.480 e. The highest BCUT2D eigenvalue weighted by molar-refractivity contribution is 7.89. The molecule has 0 heterocycles. The minimum absolute atomic E-state index is 0.0559. The van der Waals surface area contributed by atoms with Crippen molar-refractivity contribution < 1.29 is 18.3 Å². The number of rotatable bonds is 8. The molecule has 0 saturated heterocycles. The van der Waals surface area contributed by atoms with Crippen molar-refractivity contribution in [3.8, 4) is 0 Å². The Hall–Kier alpha value is -2.13. The van der Waals surface area contributed by atoms with E-state index < -0.39 is 27.6 Å². The highest BCUT2D eigenvalue weighted by atomic mass is 32.2. The third kappa shape index (κ3) is 5.71. The van der Waals surface area contributed by atoms with Crippen LogP contribution in [0.5, 0.6) is 0 Å². The van der Waals surface area contributed by atoms with Crippen molar-refractivity contribution in [2.75, 3.05) is 6.54 Å². The van der Waals surface area contributed by atoms with Crippen LogP contribution in [0.2, 0.25) is 0 Å². The average Bonchev–Trinajstić information content (AvgIpc) is 2.49. The zero-order valence-corrected chi connectivity index (χ0v) is 15.5. The van der Waals surface area contributed by atoms with Crippen molar-refractivity contribution in [1.82, 2.24) is 4.31 Å². The van der Waals surface area contributed by atoms with Crippen LogP contribution in [0.15, 0.2) is 40.2 Å². The van der Waals surface area contributed by atoms with Gasteiger partial charge in [0, 0.05) is 12.1 Å². The molecule has 5 N–H and O–H groups in total. The normalized spacial score (nSPS) is 13.4. The van der Waals surface area contributed by atoms with Gasteiger partial charge in [0.2, 0.25) is 10.0 Å². The van der Waals surface area contributed by atoms with Gasteiger partial charge in [-0.05, 0) is 45.7 Å². The van der Waals surface area contributed by atoms with Crippen LogP contribution in [0.4, 0.5) is 0 Å². The second-order valence-electron chi connectivity index (χ2n) is 6.59. The molecule has 0 aliphatic rings. The van der Waals surface area contributed by atoms with Crippen molar-refractivity contribution in [2.45, 2.75) is 50.1 Å². The number of guanidine groups is 1. The SMILES string of the molecule is CC(C)(C)N([C@@H](CCCN=C(N)N)C(=O)O)S(=O)(=O)c1ccccc1. The van der Waals surface area contributed by atoms with E-state index in [2.05, 4.69) is 4.99 Å². The molecule has 1 atom stereocenters. The molecule has 0 spiro atoms. The Kier molecular flexibility index (Phi) is 6.95. The Labute approximate surface area is 148 Å². The van der Waals surface area contributed by atoms with Crippen molar-refractivity contribution >= 4 is 22.0 Å². The molecule has 0 fully saturated rings. The van der Waals surface area contributed by atoms with E-state index in [0.29, 0.717) is 6.42 Å². The Morgan fingerprint density at radius 2 is 1.80 bits per heavy atom. The van der Waals surface area contributed by atoms with Crippen molar-refractivity contribution in [2.24, 2.45) is 16.5 Å². The largest absolute Gasteiger partial charge is 0.480 e. The van der Waals surface area contributed by atoms with Crippen molar-refractivity contribution in [3.05, 3.63) is 30.3 Å². The quantitative estimate of drug-likeness (QED) is 0.354. The molecular weight excluding hydrogens is 344 g/mol. The van der Waals surface area contributed by atoms with Gasteiger partial charge < -0.3 is 16.6 Å². The topological polar surface area (TPSA) is 139 Å². The first-order chi connectivity index (χ1) is 11.5. The Morgan fingerprint density at radius 1 is 1.24 bits per heavy atom. The number of carboxylic acids is 1. The third-order valence-electron chi connectivity index (χ3n) is 3.46. The summed E-state index contributed by atoms with van der Waals surface area (Å²) >= 11 is 0. The minimum atomic E-state index is -3.99. The van der Waals surface area contributed by atoms with Crippen molar-refractivity contribution in [3.63, 3.8) is 0 Å².